The first kappa shape index (κ1) is 11.7. The van der Waals surface area contributed by atoms with Gasteiger partial charge in [-0.1, -0.05) is 0 Å². The number of hydrogen-bond donors (Lipinski definition) is 1. The predicted molar refractivity (Wildman–Crippen MR) is 64.4 cm³/mol. The molecule has 4 nitrogen and oxygen atoms in total. The molecule has 1 aromatic heterocycles. The minimum Gasteiger partial charge on any atom is -0.457 e. The van der Waals surface area contributed by atoms with Crippen LogP contribution in [0.5, 0.6) is 0 Å². The third-order valence-electron chi connectivity index (χ3n) is 2.99. The number of amides is 1. The quantitative estimate of drug-likeness (QED) is 0.903. The van der Waals surface area contributed by atoms with Gasteiger partial charge in [0.1, 0.15) is 6.26 Å². The highest BCUT2D eigenvalue weighted by Crippen LogP contribution is 2.18. The minimum absolute atomic E-state index is 0.0290. The van der Waals surface area contributed by atoms with Crippen LogP contribution in [0.15, 0.2) is 21.4 Å². The van der Waals surface area contributed by atoms with Crippen LogP contribution in [0.3, 0.4) is 0 Å². The predicted octanol–water partition coefficient (Wildman–Crippen LogP) is 1.87. The van der Waals surface area contributed by atoms with Crippen molar-refractivity contribution < 1.29 is 9.21 Å². The number of nitrogens with one attached hydrogen (secondary N) is 1. The van der Waals surface area contributed by atoms with E-state index in [2.05, 4.69) is 21.2 Å². The maximum absolute atomic E-state index is 12.1. The number of halogens is 1. The van der Waals surface area contributed by atoms with Crippen molar-refractivity contribution in [1.82, 2.24) is 10.2 Å². The molecular formula is C11H15BrN2O2. The van der Waals surface area contributed by atoms with Crippen molar-refractivity contribution >= 4 is 21.8 Å². The van der Waals surface area contributed by atoms with E-state index >= 15 is 0 Å². The van der Waals surface area contributed by atoms with E-state index in [1.54, 1.807) is 6.07 Å². The lowest BCUT2D eigenvalue weighted by Crippen LogP contribution is -2.43. The number of piperidine rings is 1. The number of furan rings is 1. The van der Waals surface area contributed by atoms with Gasteiger partial charge in [-0.25, -0.2) is 0 Å². The maximum Gasteiger partial charge on any atom is 0.257 e. The van der Waals surface area contributed by atoms with Gasteiger partial charge in [-0.2, -0.15) is 0 Å². The van der Waals surface area contributed by atoms with Crippen LogP contribution in [0, 0.1) is 0 Å². The maximum atomic E-state index is 12.1. The van der Waals surface area contributed by atoms with Gasteiger partial charge >= 0.3 is 0 Å². The Hall–Kier alpha value is -0.810. The molecule has 1 N–H and O–H groups in total. The number of hydrogen-bond acceptors (Lipinski definition) is 3. The Bertz CT molecular complexity index is 372. The Morgan fingerprint density at radius 3 is 2.81 bits per heavy atom. The van der Waals surface area contributed by atoms with Gasteiger partial charge in [-0.05, 0) is 41.9 Å². The summed E-state index contributed by atoms with van der Waals surface area (Å²) >= 11 is 3.20. The van der Waals surface area contributed by atoms with Gasteiger partial charge in [0.2, 0.25) is 0 Å². The molecule has 0 atom stereocenters. The first-order valence-corrected chi connectivity index (χ1v) is 6.19. The van der Waals surface area contributed by atoms with Crippen molar-refractivity contribution in [3.8, 4) is 0 Å². The van der Waals surface area contributed by atoms with Crippen molar-refractivity contribution in [3.05, 3.63) is 22.6 Å². The molecule has 0 aliphatic carbocycles. The molecule has 88 valence electrons. The van der Waals surface area contributed by atoms with E-state index in [1.165, 1.54) is 6.26 Å². The number of carbonyl (C=O) groups excluding carboxylic acids is 1. The Morgan fingerprint density at radius 1 is 1.56 bits per heavy atom. The molecule has 1 saturated heterocycles. The molecule has 1 aliphatic heterocycles. The van der Waals surface area contributed by atoms with E-state index < -0.39 is 0 Å². The third kappa shape index (κ3) is 2.47. The van der Waals surface area contributed by atoms with Gasteiger partial charge in [0.15, 0.2) is 4.67 Å². The summed E-state index contributed by atoms with van der Waals surface area (Å²) in [5.74, 6) is 0.0290. The van der Waals surface area contributed by atoms with Crippen LogP contribution < -0.4 is 5.32 Å². The molecule has 0 bridgehead atoms. The SMILES string of the molecule is CN(C(=O)c1coc(Br)c1)C1CCNCC1. The molecule has 0 aromatic carbocycles. The summed E-state index contributed by atoms with van der Waals surface area (Å²) in [6, 6.07) is 2.04. The Balaban J connectivity index is 2.03. The van der Waals surface area contributed by atoms with Gasteiger partial charge in [-0.15, -0.1) is 0 Å². The first-order valence-electron chi connectivity index (χ1n) is 5.40. The molecular weight excluding hydrogens is 272 g/mol. The lowest BCUT2D eigenvalue weighted by Gasteiger charge is -2.31. The molecule has 0 saturated carbocycles. The highest BCUT2D eigenvalue weighted by atomic mass is 79.9. The van der Waals surface area contributed by atoms with Crippen LogP contribution in [-0.2, 0) is 0 Å². The van der Waals surface area contributed by atoms with Gasteiger partial charge < -0.3 is 14.6 Å². The molecule has 1 amide bonds. The van der Waals surface area contributed by atoms with Crippen LogP contribution in [0.25, 0.3) is 0 Å². The first-order chi connectivity index (χ1) is 7.68. The molecule has 0 unspecified atom stereocenters. The van der Waals surface area contributed by atoms with Crippen molar-refractivity contribution in [3.63, 3.8) is 0 Å². The van der Waals surface area contributed by atoms with E-state index in [1.807, 2.05) is 11.9 Å². The van der Waals surface area contributed by atoms with Crippen LogP contribution in [0.2, 0.25) is 0 Å². The summed E-state index contributed by atoms with van der Waals surface area (Å²) in [5, 5.41) is 3.29. The van der Waals surface area contributed by atoms with E-state index in [9.17, 15) is 4.79 Å². The minimum atomic E-state index is 0.0290. The van der Waals surface area contributed by atoms with Gasteiger partial charge in [0, 0.05) is 19.2 Å². The molecule has 0 radical (unpaired) electrons. The molecule has 1 aromatic rings. The number of nitrogens with zero attached hydrogens (tertiary/aromatic N) is 1. The second-order valence-electron chi connectivity index (χ2n) is 4.04. The van der Waals surface area contributed by atoms with E-state index in [4.69, 9.17) is 4.42 Å². The average Bonchev–Trinajstić information content (AvgIpc) is 2.75. The van der Waals surface area contributed by atoms with Crippen molar-refractivity contribution in [1.29, 1.82) is 0 Å². The monoisotopic (exact) mass is 286 g/mol. The molecule has 1 fully saturated rings. The summed E-state index contributed by atoms with van der Waals surface area (Å²) in [5.41, 5.74) is 0.605. The lowest BCUT2D eigenvalue weighted by atomic mass is 10.0. The fraction of sp³-hybridized carbons (Fsp3) is 0.545. The Kier molecular flexibility index (Phi) is 3.66. The number of rotatable bonds is 2. The second kappa shape index (κ2) is 5.01. The van der Waals surface area contributed by atoms with Crippen LogP contribution in [0.4, 0.5) is 0 Å². The summed E-state index contributed by atoms with van der Waals surface area (Å²) in [4.78, 5) is 13.9. The van der Waals surface area contributed by atoms with Crippen molar-refractivity contribution in [2.24, 2.45) is 0 Å². The third-order valence-corrected chi connectivity index (χ3v) is 3.41. The van der Waals surface area contributed by atoms with Crippen LogP contribution in [0.1, 0.15) is 23.2 Å². The smallest absolute Gasteiger partial charge is 0.257 e. The fourth-order valence-electron chi connectivity index (χ4n) is 1.99. The van der Waals surface area contributed by atoms with Crippen LogP contribution in [-0.4, -0.2) is 37.0 Å². The van der Waals surface area contributed by atoms with Gasteiger partial charge in [0.25, 0.3) is 5.91 Å². The Labute approximate surface area is 103 Å². The standard InChI is InChI=1S/C11H15BrN2O2/c1-14(9-2-4-13-5-3-9)11(15)8-6-10(12)16-7-8/h6-7,9,13H,2-5H2,1H3. The molecule has 2 heterocycles. The average molecular weight is 287 g/mol. The highest BCUT2D eigenvalue weighted by molar-refractivity contribution is 9.10. The van der Waals surface area contributed by atoms with Crippen molar-refractivity contribution in [2.75, 3.05) is 20.1 Å². The molecule has 16 heavy (non-hydrogen) atoms. The number of carbonyl (C=O) groups is 1. The van der Waals surface area contributed by atoms with Gasteiger partial charge in [0.05, 0.1) is 5.56 Å². The molecule has 5 heteroatoms. The summed E-state index contributed by atoms with van der Waals surface area (Å²) in [7, 11) is 1.86. The van der Waals surface area contributed by atoms with Crippen LogP contribution >= 0.6 is 15.9 Å². The van der Waals surface area contributed by atoms with E-state index in [0.29, 0.717) is 16.3 Å². The largest absolute Gasteiger partial charge is 0.457 e. The summed E-state index contributed by atoms with van der Waals surface area (Å²) in [6.07, 6.45) is 3.52. The normalized spacial score (nSPS) is 17.4. The highest BCUT2D eigenvalue weighted by Gasteiger charge is 2.23. The van der Waals surface area contributed by atoms with E-state index in [0.717, 1.165) is 25.9 Å². The van der Waals surface area contributed by atoms with Gasteiger partial charge in [-0.3, -0.25) is 4.79 Å². The fourth-order valence-corrected chi connectivity index (χ4v) is 2.33. The zero-order chi connectivity index (χ0) is 11.5. The van der Waals surface area contributed by atoms with E-state index in [-0.39, 0.29) is 5.91 Å². The molecule has 0 spiro atoms. The summed E-state index contributed by atoms with van der Waals surface area (Å²) in [6.45, 7) is 1.97. The second-order valence-corrected chi connectivity index (χ2v) is 4.82. The zero-order valence-corrected chi connectivity index (χ0v) is 10.8. The molecule has 2 rings (SSSR count). The lowest BCUT2D eigenvalue weighted by molar-refractivity contribution is 0.0702. The summed E-state index contributed by atoms with van der Waals surface area (Å²) < 4.78 is 5.67. The van der Waals surface area contributed by atoms with Crippen molar-refractivity contribution in [2.45, 2.75) is 18.9 Å². The topological polar surface area (TPSA) is 45.5 Å². The zero-order valence-electron chi connectivity index (χ0n) is 9.20. The Morgan fingerprint density at radius 2 is 2.25 bits per heavy atom. The molecule has 1 aliphatic rings.